The SMILES string of the molecule is O=C(N[C@@H]1CCCC[C@@H]1C(=O)N1CCC[C@H](C(=O)O)C1)OCC1c2ccccc2-c2ccccc21. The predicted octanol–water partition coefficient (Wildman–Crippen LogP) is 4.41. The molecule has 1 saturated carbocycles. The van der Waals surface area contributed by atoms with Gasteiger partial charge >= 0.3 is 12.1 Å². The topological polar surface area (TPSA) is 95.9 Å². The number of hydrogen-bond donors (Lipinski definition) is 2. The highest BCUT2D eigenvalue weighted by molar-refractivity contribution is 5.82. The zero-order valence-corrected chi connectivity index (χ0v) is 19.8. The van der Waals surface area contributed by atoms with Gasteiger partial charge in [0.25, 0.3) is 0 Å². The third-order valence-corrected chi connectivity index (χ3v) is 7.81. The van der Waals surface area contributed by atoms with Crippen molar-refractivity contribution in [3.05, 3.63) is 59.7 Å². The molecule has 35 heavy (non-hydrogen) atoms. The van der Waals surface area contributed by atoms with Crippen molar-refractivity contribution in [1.82, 2.24) is 10.2 Å². The molecule has 0 aromatic heterocycles. The maximum atomic E-state index is 13.3. The quantitative estimate of drug-likeness (QED) is 0.667. The molecule has 2 aliphatic carbocycles. The Morgan fingerprint density at radius 3 is 2.26 bits per heavy atom. The lowest BCUT2D eigenvalue weighted by atomic mass is 9.83. The smallest absolute Gasteiger partial charge is 0.407 e. The molecule has 3 atom stereocenters. The van der Waals surface area contributed by atoms with E-state index in [0.29, 0.717) is 25.8 Å². The largest absolute Gasteiger partial charge is 0.481 e. The summed E-state index contributed by atoms with van der Waals surface area (Å²) in [7, 11) is 0. The van der Waals surface area contributed by atoms with E-state index in [1.807, 2.05) is 24.3 Å². The van der Waals surface area contributed by atoms with E-state index in [4.69, 9.17) is 4.74 Å². The summed E-state index contributed by atoms with van der Waals surface area (Å²) >= 11 is 0. The van der Waals surface area contributed by atoms with E-state index in [1.165, 1.54) is 11.1 Å². The van der Waals surface area contributed by atoms with Gasteiger partial charge in [-0.2, -0.15) is 0 Å². The fraction of sp³-hybridized carbons (Fsp3) is 0.464. The monoisotopic (exact) mass is 476 g/mol. The van der Waals surface area contributed by atoms with Crippen LogP contribution in [0.4, 0.5) is 4.79 Å². The van der Waals surface area contributed by atoms with Crippen molar-refractivity contribution < 1.29 is 24.2 Å². The number of rotatable bonds is 5. The molecular formula is C28H32N2O5. The molecule has 0 bridgehead atoms. The Morgan fingerprint density at radius 1 is 0.914 bits per heavy atom. The van der Waals surface area contributed by atoms with Crippen LogP contribution in [0.2, 0.25) is 0 Å². The summed E-state index contributed by atoms with van der Waals surface area (Å²) < 4.78 is 5.71. The van der Waals surface area contributed by atoms with Gasteiger partial charge in [-0.3, -0.25) is 9.59 Å². The number of nitrogens with one attached hydrogen (secondary N) is 1. The number of amides is 2. The maximum absolute atomic E-state index is 13.3. The number of piperidine rings is 1. The number of carbonyl (C=O) groups is 3. The van der Waals surface area contributed by atoms with Gasteiger partial charge < -0.3 is 20.1 Å². The highest BCUT2D eigenvalue weighted by atomic mass is 16.5. The van der Waals surface area contributed by atoms with E-state index in [0.717, 1.165) is 30.4 Å². The van der Waals surface area contributed by atoms with Crippen LogP contribution in [0.25, 0.3) is 11.1 Å². The average molecular weight is 477 g/mol. The van der Waals surface area contributed by atoms with Crippen LogP contribution in [-0.2, 0) is 14.3 Å². The first kappa shape index (κ1) is 23.4. The van der Waals surface area contributed by atoms with E-state index in [9.17, 15) is 19.5 Å². The molecule has 7 heteroatoms. The number of carboxylic acid groups (broad SMARTS) is 1. The van der Waals surface area contributed by atoms with Gasteiger partial charge in [0, 0.05) is 25.0 Å². The molecule has 2 aromatic rings. The number of ether oxygens (including phenoxy) is 1. The van der Waals surface area contributed by atoms with E-state index in [2.05, 4.69) is 29.6 Å². The predicted molar refractivity (Wildman–Crippen MR) is 131 cm³/mol. The van der Waals surface area contributed by atoms with Crippen molar-refractivity contribution in [2.45, 2.75) is 50.5 Å². The third-order valence-electron chi connectivity index (χ3n) is 7.81. The fourth-order valence-corrected chi connectivity index (χ4v) is 6.00. The van der Waals surface area contributed by atoms with Crippen LogP contribution < -0.4 is 5.32 Å². The first-order valence-electron chi connectivity index (χ1n) is 12.7. The molecule has 3 aliphatic rings. The number of alkyl carbamates (subject to hydrolysis) is 1. The van der Waals surface area contributed by atoms with Gasteiger partial charge in [-0.15, -0.1) is 0 Å². The van der Waals surface area contributed by atoms with Crippen molar-refractivity contribution in [2.75, 3.05) is 19.7 Å². The van der Waals surface area contributed by atoms with Crippen molar-refractivity contribution in [1.29, 1.82) is 0 Å². The number of fused-ring (bicyclic) bond motifs is 3. The standard InChI is InChI=1S/C28H32N2O5/c31-26(30-15-7-8-18(16-30)27(32)33)23-13-5-6-14-25(23)29-28(34)35-17-24-21-11-3-1-9-19(21)20-10-2-4-12-22(20)24/h1-4,9-12,18,23-25H,5-8,13-17H2,(H,29,34)(H,32,33)/t18-,23-,25+/m0/s1. The summed E-state index contributed by atoms with van der Waals surface area (Å²) in [5, 5.41) is 12.3. The molecule has 2 N–H and O–H groups in total. The normalized spacial score (nSPS) is 23.8. The number of nitrogens with zero attached hydrogens (tertiary/aromatic N) is 1. The molecular weight excluding hydrogens is 444 g/mol. The van der Waals surface area contributed by atoms with Crippen LogP contribution in [-0.4, -0.2) is 53.7 Å². The summed E-state index contributed by atoms with van der Waals surface area (Å²) in [6.07, 6.45) is 4.08. The lowest BCUT2D eigenvalue weighted by Gasteiger charge is -2.37. The highest BCUT2D eigenvalue weighted by Gasteiger charge is 2.38. The molecule has 184 valence electrons. The summed E-state index contributed by atoms with van der Waals surface area (Å²) in [5.41, 5.74) is 4.67. The van der Waals surface area contributed by atoms with Crippen molar-refractivity contribution in [3.63, 3.8) is 0 Å². The van der Waals surface area contributed by atoms with Crippen LogP contribution in [0.1, 0.15) is 55.6 Å². The van der Waals surface area contributed by atoms with Crippen LogP contribution in [0.3, 0.4) is 0 Å². The molecule has 2 amide bonds. The highest BCUT2D eigenvalue weighted by Crippen LogP contribution is 2.44. The van der Waals surface area contributed by atoms with Gasteiger partial charge in [0.1, 0.15) is 6.61 Å². The minimum absolute atomic E-state index is 0.0155. The summed E-state index contributed by atoms with van der Waals surface area (Å²) in [5.74, 6) is -1.75. The van der Waals surface area contributed by atoms with Gasteiger partial charge in [-0.25, -0.2) is 4.79 Å². The third kappa shape index (κ3) is 4.77. The number of carboxylic acids is 1. The lowest BCUT2D eigenvalue weighted by molar-refractivity contribution is -0.147. The van der Waals surface area contributed by atoms with Crippen molar-refractivity contribution >= 4 is 18.0 Å². The van der Waals surface area contributed by atoms with Crippen LogP contribution in [0.5, 0.6) is 0 Å². The number of hydrogen-bond acceptors (Lipinski definition) is 4. The van der Waals surface area contributed by atoms with Crippen molar-refractivity contribution in [3.8, 4) is 11.1 Å². The Balaban J connectivity index is 1.22. The molecule has 7 nitrogen and oxygen atoms in total. The number of benzene rings is 2. The molecule has 1 aliphatic heterocycles. The minimum Gasteiger partial charge on any atom is -0.481 e. The van der Waals surface area contributed by atoms with Crippen LogP contribution in [0.15, 0.2) is 48.5 Å². The number of aliphatic carboxylic acids is 1. The first-order chi connectivity index (χ1) is 17.0. The second-order valence-corrected chi connectivity index (χ2v) is 9.93. The Morgan fingerprint density at radius 2 is 1.57 bits per heavy atom. The summed E-state index contributed by atoms with van der Waals surface area (Å²) in [6.45, 7) is 1.07. The molecule has 2 fully saturated rings. The summed E-state index contributed by atoms with van der Waals surface area (Å²) in [4.78, 5) is 39.3. The minimum atomic E-state index is -0.848. The Hall–Kier alpha value is -3.35. The number of carbonyl (C=O) groups excluding carboxylic acids is 2. The Labute approximate surface area is 205 Å². The zero-order chi connectivity index (χ0) is 24.4. The molecule has 0 unspecified atom stereocenters. The first-order valence-corrected chi connectivity index (χ1v) is 12.7. The van der Waals surface area contributed by atoms with Gasteiger partial charge in [0.2, 0.25) is 5.91 Å². The second-order valence-electron chi connectivity index (χ2n) is 9.93. The zero-order valence-electron chi connectivity index (χ0n) is 19.8. The van der Waals surface area contributed by atoms with E-state index < -0.39 is 18.0 Å². The van der Waals surface area contributed by atoms with E-state index in [1.54, 1.807) is 4.90 Å². The molecule has 1 saturated heterocycles. The van der Waals surface area contributed by atoms with E-state index in [-0.39, 0.29) is 36.9 Å². The molecule has 0 spiro atoms. The molecule has 5 rings (SSSR count). The molecule has 0 radical (unpaired) electrons. The fourth-order valence-electron chi connectivity index (χ4n) is 6.00. The second kappa shape index (κ2) is 10.1. The molecule has 1 heterocycles. The Bertz CT molecular complexity index is 1070. The lowest BCUT2D eigenvalue weighted by Crippen LogP contribution is -2.52. The van der Waals surface area contributed by atoms with Crippen molar-refractivity contribution in [2.24, 2.45) is 11.8 Å². The van der Waals surface area contributed by atoms with E-state index >= 15 is 0 Å². The Kier molecular flexibility index (Phi) is 6.75. The van der Waals surface area contributed by atoms with Gasteiger partial charge in [0.15, 0.2) is 0 Å². The maximum Gasteiger partial charge on any atom is 0.407 e. The molecule has 2 aromatic carbocycles. The number of likely N-dealkylation sites (tertiary alicyclic amines) is 1. The average Bonchev–Trinajstić information content (AvgIpc) is 3.21. The summed E-state index contributed by atoms with van der Waals surface area (Å²) in [6, 6.07) is 16.1. The van der Waals surface area contributed by atoms with Crippen LogP contribution >= 0.6 is 0 Å². The van der Waals surface area contributed by atoms with Gasteiger partial charge in [0.05, 0.1) is 11.8 Å². The van der Waals surface area contributed by atoms with Gasteiger partial charge in [-0.1, -0.05) is 61.4 Å². The van der Waals surface area contributed by atoms with Gasteiger partial charge in [-0.05, 0) is 47.9 Å². The van der Waals surface area contributed by atoms with Crippen LogP contribution in [0, 0.1) is 11.8 Å².